The fourth-order valence-corrected chi connectivity index (χ4v) is 2.61. The lowest BCUT2D eigenvalue weighted by Gasteiger charge is -2.10. The van der Waals surface area contributed by atoms with Gasteiger partial charge in [0.1, 0.15) is 5.84 Å². The topological polar surface area (TPSA) is 101 Å². The Morgan fingerprint density at radius 3 is 2.83 bits per heavy atom. The number of hydrogen-bond acceptors (Lipinski definition) is 7. The Balaban J connectivity index is 1.55. The quantitative estimate of drug-likeness (QED) is 0.826. The molecule has 3 rings (SSSR count). The third kappa shape index (κ3) is 3.80. The number of rotatable bonds is 5. The number of nitrogens with one attached hydrogen (secondary N) is 1. The Hall–Kier alpha value is -2.68. The third-order valence-corrected chi connectivity index (χ3v) is 3.96. The van der Waals surface area contributed by atoms with E-state index in [0.717, 1.165) is 11.8 Å². The third-order valence-electron chi connectivity index (χ3n) is 3.14. The maximum atomic E-state index is 12.0. The highest BCUT2D eigenvalue weighted by Gasteiger charge is 2.26. The van der Waals surface area contributed by atoms with Gasteiger partial charge >= 0.3 is 0 Å². The summed E-state index contributed by atoms with van der Waals surface area (Å²) in [5.74, 6) is 0.493. The predicted molar refractivity (Wildman–Crippen MR) is 88.5 cm³/mol. The minimum Gasteiger partial charge on any atom is -0.416 e. The number of amidine groups is 1. The lowest BCUT2D eigenvalue weighted by atomic mass is 10.3. The van der Waals surface area contributed by atoms with E-state index in [0.29, 0.717) is 29.1 Å². The standard InChI is InChI=1S/C15H15N5O3S/c1-2-13-17-18-15(23-13)24-9-12(21)16-11-8-14(22)20(19-11)10-6-4-3-5-7-10/h3-7H,2,8-9H2,1H3,(H,16,19,21). The number of aromatic nitrogens is 2. The zero-order chi connectivity index (χ0) is 16.9. The first-order valence-electron chi connectivity index (χ1n) is 7.36. The predicted octanol–water partition coefficient (Wildman–Crippen LogP) is 1.59. The van der Waals surface area contributed by atoms with Crippen molar-refractivity contribution in [2.75, 3.05) is 10.8 Å². The molecule has 0 atom stereocenters. The van der Waals surface area contributed by atoms with Gasteiger partial charge in [0, 0.05) is 6.42 Å². The van der Waals surface area contributed by atoms with Crippen molar-refractivity contribution in [1.82, 2.24) is 15.5 Å². The SMILES string of the molecule is CCc1nnc(SCC(=O)NC2=NN(c3ccccc3)C(=O)C2)o1. The molecule has 0 saturated carbocycles. The Bertz CT molecular complexity index is 774. The Morgan fingerprint density at radius 1 is 1.33 bits per heavy atom. The van der Waals surface area contributed by atoms with Gasteiger partial charge in [0.2, 0.25) is 11.8 Å². The highest BCUT2D eigenvalue weighted by Crippen LogP contribution is 2.19. The van der Waals surface area contributed by atoms with Crippen LogP contribution >= 0.6 is 11.8 Å². The van der Waals surface area contributed by atoms with Gasteiger partial charge in [-0.2, -0.15) is 10.1 Å². The van der Waals surface area contributed by atoms with Gasteiger partial charge in [-0.1, -0.05) is 36.9 Å². The summed E-state index contributed by atoms with van der Waals surface area (Å²) in [7, 11) is 0. The van der Waals surface area contributed by atoms with Crippen molar-refractivity contribution in [3.8, 4) is 0 Å². The molecule has 2 heterocycles. The number of para-hydroxylation sites is 1. The molecule has 0 spiro atoms. The largest absolute Gasteiger partial charge is 0.416 e. The molecule has 1 aliphatic rings. The zero-order valence-corrected chi connectivity index (χ0v) is 13.7. The molecule has 0 aliphatic carbocycles. The number of nitrogens with zero attached hydrogens (tertiary/aromatic N) is 4. The molecule has 9 heteroatoms. The maximum Gasteiger partial charge on any atom is 0.277 e. The average molecular weight is 345 g/mol. The lowest BCUT2D eigenvalue weighted by Crippen LogP contribution is -2.31. The van der Waals surface area contributed by atoms with Crippen molar-refractivity contribution in [1.29, 1.82) is 0 Å². The zero-order valence-electron chi connectivity index (χ0n) is 12.9. The van der Waals surface area contributed by atoms with Crippen molar-refractivity contribution >= 4 is 35.1 Å². The smallest absolute Gasteiger partial charge is 0.277 e. The molecule has 8 nitrogen and oxygen atoms in total. The van der Waals surface area contributed by atoms with Crippen molar-refractivity contribution in [3.63, 3.8) is 0 Å². The number of thioether (sulfide) groups is 1. The van der Waals surface area contributed by atoms with E-state index in [2.05, 4.69) is 20.6 Å². The summed E-state index contributed by atoms with van der Waals surface area (Å²) in [6.07, 6.45) is 0.708. The van der Waals surface area contributed by atoms with Crippen LogP contribution in [0.4, 0.5) is 5.69 Å². The first kappa shape index (κ1) is 16.2. The summed E-state index contributed by atoms with van der Waals surface area (Å²) in [5, 5.41) is 16.1. The van der Waals surface area contributed by atoms with Crippen LogP contribution in [0.1, 0.15) is 19.2 Å². The van der Waals surface area contributed by atoms with E-state index in [1.54, 1.807) is 12.1 Å². The van der Waals surface area contributed by atoms with Gasteiger partial charge < -0.3 is 9.73 Å². The minimum absolute atomic E-state index is 0.0614. The summed E-state index contributed by atoms with van der Waals surface area (Å²) in [4.78, 5) is 24.0. The van der Waals surface area contributed by atoms with Crippen LogP contribution in [0, 0.1) is 0 Å². The number of benzene rings is 1. The number of hydrazone groups is 1. The molecular formula is C15H15N5O3S. The first-order chi connectivity index (χ1) is 11.7. The summed E-state index contributed by atoms with van der Waals surface area (Å²) >= 11 is 1.14. The van der Waals surface area contributed by atoms with Crippen molar-refractivity contribution in [3.05, 3.63) is 36.2 Å². The summed E-state index contributed by atoms with van der Waals surface area (Å²) in [5.41, 5.74) is 0.666. The van der Waals surface area contributed by atoms with Gasteiger partial charge in [-0.05, 0) is 12.1 Å². The highest BCUT2D eigenvalue weighted by atomic mass is 32.2. The van der Waals surface area contributed by atoms with E-state index in [4.69, 9.17) is 4.42 Å². The fraction of sp³-hybridized carbons (Fsp3) is 0.267. The van der Waals surface area contributed by atoms with Gasteiger partial charge in [-0.25, -0.2) is 0 Å². The van der Waals surface area contributed by atoms with Crippen LogP contribution in [0.2, 0.25) is 0 Å². The van der Waals surface area contributed by atoms with E-state index >= 15 is 0 Å². The van der Waals surface area contributed by atoms with Crippen LogP contribution in [-0.4, -0.2) is 33.6 Å². The maximum absolute atomic E-state index is 12.0. The molecule has 1 aromatic carbocycles. The molecule has 24 heavy (non-hydrogen) atoms. The molecule has 2 aromatic rings. The van der Waals surface area contributed by atoms with Gasteiger partial charge in [0.15, 0.2) is 0 Å². The normalized spacial score (nSPS) is 14.0. The molecular weight excluding hydrogens is 330 g/mol. The van der Waals surface area contributed by atoms with E-state index < -0.39 is 0 Å². The molecule has 124 valence electrons. The number of carbonyl (C=O) groups excluding carboxylic acids is 2. The molecule has 0 saturated heterocycles. The molecule has 0 bridgehead atoms. The van der Waals surface area contributed by atoms with Crippen LogP contribution < -0.4 is 10.3 Å². The molecule has 1 N–H and O–H groups in total. The second kappa shape index (κ2) is 7.26. The van der Waals surface area contributed by atoms with Gasteiger partial charge in [0.25, 0.3) is 11.1 Å². The van der Waals surface area contributed by atoms with Crippen molar-refractivity contribution < 1.29 is 14.0 Å². The number of anilines is 1. The molecule has 0 unspecified atom stereocenters. The Labute approximate surface area is 142 Å². The molecule has 1 aromatic heterocycles. The molecule has 1 aliphatic heterocycles. The van der Waals surface area contributed by atoms with Crippen LogP contribution in [0.15, 0.2) is 45.1 Å². The molecule has 0 radical (unpaired) electrons. The molecule has 0 fully saturated rings. The van der Waals surface area contributed by atoms with E-state index in [1.807, 2.05) is 25.1 Å². The summed E-state index contributed by atoms with van der Waals surface area (Å²) in [6, 6.07) is 9.06. The summed E-state index contributed by atoms with van der Waals surface area (Å²) < 4.78 is 5.31. The second-order valence-corrected chi connectivity index (χ2v) is 5.84. The van der Waals surface area contributed by atoms with Crippen molar-refractivity contribution in [2.45, 2.75) is 25.0 Å². The van der Waals surface area contributed by atoms with Crippen LogP contribution in [0.5, 0.6) is 0 Å². The second-order valence-electron chi connectivity index (χ2n) is 4.92. The number of hydrogen-bond donors (Lipinski definition) is 1. The average Bonchev–Trinajstić information content (AvgIpc) is 3.20. The first-order valence-corrected chi connectivity index (χ1v) is 8.34. The van der Waals surface area contributed by atoms with Crippen LogP contribution in [-0.2, 0) is 16.0 Å². The van der Waals surface area contributed by atoms with Crippen LogP contribution in [0.3, 0.4) is 0 Å². The Kier molecular flexibility index (Phi) is 4.90. The number of amides is 2. The summed E-state index contributed by atoms with van der Waals surface area (Å²) in [6.45, 7) is 1.91. The van der Waals surface area contributed by atoms with Crippen molar-refractivity contribution in [2.24, 2.45) is 5.10 Å². The van der Waals surface area contributed by atoms with E-state index in [-0.39, 0.29) is 24.0 Å². The fourth-order valence-electron chi connectivity index (χ4n) is 2.03. The van der Waals surface area contributed by atoms with E-state index in [9.17, 15) is 9.59 Å². The number of aryl methyl sites for hydroxylation is 1. The van der Waals surface area contributed by atoms with Crippen LogP contribution in [0.25, 0.3) is 0 Å². The van der Waals surface area contributed by atoms with Gasteiger partial charge in [-0.3, -0.25) is 9.59 Å². The minimum atomic E-state index is -0.280. The van der Waals surface area contributed by atoms with Gasteiger partial charge in [-0.15, -0.1) is 10.2 Å². The monoisotopic (exact) mass is 345 g/mol. The Morgan fingerprint density at radius 2 is 2.12 bits per heavy atom. The number of carbonyl (C=O) groups is 2. The lowest BCUT2D eigenvalue weighted by molar-refractivity contribution is -0.117. The van der Waals surface area contributed by atoms with E-state index in [1.165, 1.54) is 5.01 Å². The van der Waals surface area contributed by atoms with Gasteiger partial charge in [0.05, 0.1) is 17.9 Å². The highest BCUT2D eigenvalue weighted by molar-refractivity contribution is 7.99. The molecule has 2 amide bonds.